The first-order chi connectivity index (χ1) is 9.10. The monoisotopic (exact) mass is 292 g/mol. The van der Waals surface area contributed by atoms with E-state index in [2.05, 4.69) is 10.3 Å². The smallest absolute Gasteiger partial charge is 0.188 e. The molecule has 0 aliphatic rings. The Kier molecular flexibility index (Phi) is 3.12. The second kappa shape index (κ2) is 4.79. The Morgan fingerprint density at radius 1 is 1.21 bits per heavy atom. The van der Waals surface area contributed by atoms with E-state index in [0.29, 0.717) is 10.7 Å². The Morgan fingerprint density at radius 3 is 2.84 bits per heavy atom. The van der Waals surface area contributed by atoms with Gasteiger partial charge in [-0.1, -0.05) is 22.9 Å². The lowest BCUT2D eigenvalue weighted by molar-refractivity contribution is 0.627. The van der Waals surface area contributed by atoms with Crippen LogP contribution < -0.4 is 5.32 Å². The van der Waals surface area contributed by atoms with Crippen LogP contribution in [0.3, 0.4) is 0 Å². The zero-order chi connectivity index (χ0) is 13.4. The van der Waals surface area contributed by atoms with Gasteiger partial charge in [0.2, 0.25) is 0 Å². The SMILES string of the molecule is Cc1cc(F)cc(Nc2nc3cc(Cl)ccc3s2)c1. The molecule has 1 aromatic heterocycles. The van der Waals surface area contributed by atoms with Crippen LogP contribution in [0.4, 0.5) is 15.2 Å². The second-order valence-electron chi connectivity index (χ2n) is 4.27. The summed E-state index contributed by atoms with van der Waals surface area (Å²) in [7, 11) is 0. The summed E-state index contributed by atoms with van der Waals surface area (Å²) in [6.07, 6.45) is 0. The minimum absolute atomic E-state index is 0.258. The number of nitrogens with one attached hydrogen (secondary N) is 1. The third-order valence-electron chi connectivity index (χ3n) is 2.64. The van der Waals surface area contributed by atoms with E-state index >= 15 is 0 Å². The third-order valence-corrected chi connectivity index (χ3v) is 3.83. The average Bonchev–Trinajstić information content (AvgIpc) is 2.68. The van der Waals surface area contributed by atoms with Gasteiger partial charge in [0.1, 0.15) is 5.82 Å². The van der Waals surface area contributed by atoms with E-state index in [1.54, 1.807) is 0 Å². The van der Waals surface area contributed by atoms with Crippen molar-refractivity contribution in [3.05, 3.63) is 52.8 Å². The van der Waals surface area contributed by atoms with Crippen molar-refractivity contribution in [1.82, 2.24) is 4.98 Å². The van der Waals surface area contributed by atoms with E-state index < -0.39 is 0 Å². The highest BCUT2D eigenvalue weighted by molar-refractivity contribution is 7.22. The van der Waals surface area contributed by atoms with Gasteiger partial charge in [0.05, 0.1) is 10.2 Å². The van der Waals surface area contributed by atoms with E-state index in [1.165, 1.54) is 23.5 Å². The van der Waals surface area contributed by atoms with Crippen LogP contribution in [0.5, 0.6) is 0 Å². The van der Waals surface area contributed by atoms with Gasteiger partial charge in [0.15, 0.2) is 5.13 Å². The van der Waals surface area contributed by atoms with Crippen LogP contribution in [-0.4, -0.2) is 4.98 Å². The summed E-state index contributed by atoms with van der Waals surface area (Å²) in [6.45, 7) is 1.85. The van der Waals surface area contributed by atoms with E-state index in [9.17, 15) is 4.39 Å². The van der Waals surface area contributed by atoms with Crippen LogP contribution >= 0.6 is 22.9 Å². The number of rotatable bonds is 2. The van der Waals surface area contributed by atoms with Gasteiger partial charge in [0.25, 0.3) is 0 Å². The molecule has 0 fully saturated rings. The summed E-state index contributed by atoms with van der Waals surface area (Å²) in [5, 5.41) is 4.50. The minimum Gasteiger partial charge on any atom is -0.331 e. The molecule has 2 nitrogen and oxygen atoms in total. The first-order valence-corrected chi connectivity index (χ1v) is 6.90. The van der Waals surface area contributed by atoms with Crippen molar-refractivity contribution in [2.45, 2.75) is 6.92 Å². The fourth-order valence-corrected chi connectivity index (χ4v) is 2.92. The lowest BCUT2D eigenvalue weighted by atomic mass is 10.2. The highest BCUT2D eigenvalue weighted by atomic mass is 35.5. The fraction of sp³-hybridized carbons (Fsp3) is 0.0714. The molecule has 0 bridgehead atoms. The number of aromatic nitrogens is 1. The second-order valence-corrected chi connectivity index (χ2v) is 5.74. The number of nitrogens with zero attached hydrogens (tertiary/aromatic N) is 1. The van der Waals surface area contributed by atoms with Gasteiger partial charge in [-0.25, -0.2) is 9.37 Å². The maximum atomic E-state index is 13.3. The Morgan fingerprint density at radius 2 is 2.05 bits per heavy atom. The highest BCUT2D eigenvalue weighted by Crippen LogP contribution is 2.30. The molecule has 19 heavy (non-hydrogen) atoms. The third kappa shape index (κ3) is 2.69. The van der Waals surface area contributed by atoms with Crippen LogP contribution in [0.25, 0.3) is 10.2 Å². The first-order valence-electron chi connectivity index (χ1n) is 5.70. The Labute approximate surface area is 118 Å². The number of hydrogen-bond acceptors (Lipinski definition) is 3. The summed E-state index contributed by atoms with van der Waals surface area (Å²) < 4.78 is 14.4. The summed E-state index contributed by atoms with van der Waals surface area (Å²) in [5.41, 5.74) is 2.41. The van der Waals surface area contributed by atoms with Crippen molar-refractivity contribution in [3.8, 4) is 0 Å². The number of anilines is 2. The van der Waals surface area contributed by atoms with E-state index in [-0.39, 0.29) is 5.82 Å². The van der Waals surface area contributed by atoms with Gasteiger partial charge in [0, 0.05) is 10.7 Å². The van der Waals surface area contributed by atoms with Crippen LogP contribution in [0.15, 0.2) is 36.4 Å². The van der Waals surface area contributed by atoms with Crippen LogP contribution in [0.1, 0.15) is 5.56 Å². The average molecular weight is 293 g/mol. The van der Waals surface area contributed by atoms with E-state index in [0.717, 1.165) is 20.9 Å². The molecule has 0 unspecified atom stereocenters. The van der Waals surface area contributed by atoms with Crippen molar-refractivity contribution in [2.24, 2.45) is 0 Å². The van der Waals surface area contributed by atoms with Crippen molar-refractivity contribution in [1.29, 1.82) is 0 Å². The standard InChI is InChI=1S/C14H10ClFN2S/c1-8-4-10(16)7-11(5-8)17-14-18-12-6-9(15)2-3-13(12)19-14/h2-7H,1H3,(H,17,18). The Hall–Kier alpha value is -1.65. The van der Waals surface area contributed by atoms with Gasteiger partial charge < -0.3 is 5.32 Å². The Balaban J connectivity index is 1.96. The maximum absolute atomic E-state index is 13.3. The molecule has 5 heteroatoms. The van der Waals surface area contributed by atoms with Crippen molar-refractivity contribution in [2.75, 3.05) is 5.32 Å². The largest absolute Gasteiger partial charge is 0.331 e. The predicted molar refractivity (Wildman–Crippen MR) is 79.0 cm³/mol. The molecular formula is C14H10ClFN2S. The molecule has 0 atom stereocenters. The molecule has 1 heterocycles. The van der Waals surface area contributed by atoms with Crippen LogP contribution in [0, 0.1) is 12.7 Å². The summed E-state index contributed by atoms with van der Waals surface area (Å²) in [4.78, 5) is 4.43. The molecule has 0 aliphatic heterocycles. The molecule has 3 aromatic rings. The molecule has 96 valence electrons. The fourth-order valence-electron chi connectivity index (χ4n) is 1.89. The molecule has 0 radical (unpaired) electrons. The molecule has 0 amide bonds. The molecule has 0 saturated carbocycles. The number of fused-ring (bicyclic) bond motifs is 1. The number of halogens is 2. The van der Waals surface area contributed by atoms with Crippen molar-refractivity contribution >= 4 is 44.0 Å². The van der Waals surface area contributed by atoms with Gasteiger partial charge >= 0.3 is 0 Å². The highest BCUT2D eigenvalue weighted by Gasteiger charge is 2.05. The van der Waals surface area contributed by atoms with E-state index in [4.69, 9.17) is 11.6 Å². The normalized spacial score (nSPS) is 10.9. The summed E-state index contributed by atoms with van der Waals surface area (Å²) in [6, 6.07) is 10.4. The van der Waals surface area contributed by atoms with Gasteiger partial charge in [-0.05, 0) is 48.9 Å². The maximum Gasteiger partial charge on any atom is 0.188 e. The molecule has 0 aliphatic carbocycles. The molecule has 3 rings (SSSR count). The number of hydrogen-bond donors (Lipinski definition) is 1. The summed E-state index contributed by atoms with van der Waals surface area (Å²) in [5.74, 6) is -0.258. The molecule has 1 N–H and O–H groups in total. The Bertz CT molecular complexity index is 734. The zero-order valence-electron chi connectivity index (χ0n) is 10.1. The lowest BCUT2D eigenvalue weighted by Crippen LogP contribution is -1.91. The summed E-state index contributed by atoms with van der Waals surface area (Å²) >= 11 is 7.43. The first kappa shape index (κ1) is 12.4. The number of benzene rings is 2. The molecule has 2 aromatic carbocycles. The van der Waals surface area contributed by atoms with Crippen LogP contribution in [0.2, 0.25) is 5.02 Å². The van der Waals surface area contributed by atoms with Crippen molar-refractivity contribution < 1.29 is 4.39 Å². The number of thiazole rings is 1. The number of aryl methyl sites for hydroxylation is 1. The zero-order valence-corrected chi connectivity index (χ0v) is 11.6. The quantitative estimate of drug-likeness (QED) is 0.707. The molecule has 0 saturated heterocycles. The minimum atomic E-state index is -0.258. The van der Waals surface area contributed by atoms with Gasteiger partial charge in [-0.15, -0.1) is 0 Å². The van der Waals surface area contributed by atoms with Crippen molar-refractivity contribution in [3.63, 3.8) is 0 Å². The van der Waals surface area contributed by atoms with E-state index in [1.807, 2.05) is 31.2 Å². The topological polar surface area (TPSA) is 24.9 Å². The van der Waals surface area contributed by atoms with Gasteiger partial charge in [-0.2, -0.15) is 0 Å². The van der Waals surface area contributed by atoms with Gasteiger partial charge in [-0.3, -0.25) is 0 Å². The lowest BCUT2D eigenvalue weighted by Gasteiger charge is -2.03. The molecular weight excluding hydrogens is 283 g/mol. The van der Waals surface area contributed by atoms with Crippen LogP contribution in [-0.2, 0) is 0 Å². The molecule has 0 spiro atoms. The predicted octanol–water partition coefficient (Wildman–Crippen LogP) is 5.14.